The van der Waals surface area contributed by atoms with Crippen molar-refractivity contribution < 1.29 is 8.42 Å². The second kappa shape index (κ2) is 9.10. The topological polar surface area (TPSA) is 59.4 Å². The summed E-state index contributed by atoms with van der Waals surface area (Å²) < 4.78 is 25.3. The molecule has 180 valence electrons. The van der Waals surface area contributed by atoms with Crippen LogP contribution in [0.3, 0.4) is 0 Å². The third-order valence-corrected chi connectivity index (χ3v) is 8.38. The van der Waals surface area contributed by atoms with Gasteiger partial charge in [-0.25, -0.2) is 8.42 Å². The fourth-order valence-electron chi connectivity index (χ4n) is 5.04. The molecule has 1 saturated heterocycles. The molecule has 3 aromatic carbocycles. The van der Waals surface area contributed by atoms with Gasteiger partial charge in [-0.1, -0.05) is 42.5 Å². The minimum Gasteiger partial charge on any atom is -0.311 e. The Bertz CT molecular complexity index is 1550. The van der Waals surface area contributed by atoms with Crippen molar-refractivity contribution in [3.8, 4) is 22.3 Å². The SMILES string of the molecule is CN1CCC(c2ccc(-c3ccc4c(c3)cc(-c3ccc(S(C)(=O)=O)cc3)c(=O)n4C)cc2)CC1. The summed E-state index contributed by atoms with van der Waals surface area (Å²) in [6.07, 6.45) is 3.58. The maximum Gasteiger partial charge on any atom is 0.258 e. The van der Waals surface area contributed by atoms with Gasteiger partial charge in [0.15, 0.2) is 9.84 Å². The van der Waals surface area contributed by atoms with Crippen LogP contribution in [0, 0.1) is 0 Å². The maximum absolute atomic E-state index is 13.1. The molecule has 0 unspecified atom stereocenters. The van der Waals surface area contributed by atoms with Crippen LogP contribution in [0.5, 0.6) is 0 Å². The lowest BCUT2D eigenvalue weighted by Gasteiger charge is -2.29. The van der Waals surface area contributed by atoms with Crippen molar-refractivity contribution in [2.45, 2.75) is 23.7 Å². The van der Waals surface area contributed by atoms with Gasteiger partial charge in [0, 0.05) is 18.9 Å². The highest BCUT2D eigenvalue weighted by atomic mass is 32.2. The van der Waals surface area contributed by atoms with Crippen molar-refractivity contribution in [1.82, 2.24) is 9.47 Å². The Kier molecular flexibility index (Phi) is 6.11. The van der Waals surface area contributed by atoms with E-state index in [1.807, 2.05) is 12.1 Å². The second-order valence-corrected chi connectivity index (χ2v) is 11.7. The lowest BCUT2D eigenvalue weighted by molar-refractivity contribution is 0.255. The summed E-state index contributed by atoms with van der Waals surface area (Å²) in [7, 11) is 0.669. The molecule has 4 aromatic rings. The van der Waals surface area contributed by atoms with Gasteiger partial charge in [0.2, 0.25) is 0 Å². The van der Waals surface area contributed by atoms with E-state index in [4.69, 9.17) is 0 Å². The van der Waals surface area contributed by atoms with E-state index in [2.05, 4.69) is 48.3 Å². The number of hydrogen-bond donors (Lipinski definition) is 0. The monoisotopic (exact) mass is 486 g/mol. The average molecular weight is 487 g/mol. The summed E-state index contributed by atoms with van der Waals surface area (Å²) >= 11 is 0. The van der Waals surface area contributed by atoms with Crippen LogP contribution in [0.2, 0.25) is 0 Å². The summed E-state index contributed by atoms with van der Waals surface area (Å²) in [6.45, 7) is 2.30. The van der Waals surface area contributed by atoms with Crippen LogP contribution in [0.25, 0.3) is 33.2 Å². The van der Waals surface area contributed by atoms with Crippen LogP contribution in [-0.2, 0) is 16.9 Å². The summed E-state index contributed by atoms with van der Waals surface area (Å²) in [6, 6.07) is 23.5. The molecule has 1 fully saturated rings. The van der Waals surface area contributed by atoms with Crippen molar-refractivity contribution in [3.05, 3.63) is 88.7 Å². The predicted octanol–water partition coefficient (Wildman–Crippen LogP) is 5.09. The summed E-state index contributed by atoms with van der Waals surface area (Å²) in [4.78, 5) is 15.7. The van der Waals surface area contributed by atoms with E-state index in [1.54, 1.807) is 35.9 Å². The van der Waals surface area contributed by atoms with Crippen LogP contribution < -0.4 is 5.56 Å². The molecule has 1 aliphatic heterocycles. The molecule has 0 amide bonds. The van der Waals surface area contributed by atoms with Crippen LogP contribution in [0.15, 0.2) is 82.5 Å². The van der Waals surface area contributed by atoms with E-state index >= 15 is 0 Å². The number of nitrogens with zero attached hydrogens (tertiary/aromatic N) is 2. The zero-order chi connectivity index (χ0) is 24.7. The largest absolute Gasteiger partial charge is 0.311 e. The molecule has 1 aliphatic rings. The zero-order valence-corrected chi connectivity index (χ0v) is 21.2. The number of aromatic nitrogens is 1. The van der Waals surface area contributed by atoms with E-state index < -0.39 is 9.84 Å². The number of likely N-dealkylation sites (tertiary alicyclic amines) is 1. The first kappa shape index (κ1) is 23.5. The molecule has 2 heterocycles. The number of benzene rings is 3. The van der Waals surface area contributed by atoms with Crippen molar-refractivity contribution in [2.75, 3.05) is 26.4 Å². The van der Waals surface area contributed by atoms with Gasteiger partial charge >= 0.3 is 0 Å². The van der Waals surface area contributed by atoms with Crippen LogP contribution in [0.1, 0.15) is 24.3 Å². The van der Waals surface area contributed by atoms with Gasteiger partial charge in [-0.05, 0) is 96.9 Å². The Morgan fingerprint density at radius 3 is 2.00 bits per heavy atom. The molecular weight excluding hydrogens is 456 g/mol. The van der Waals surface area contributed by atoms with Crippen molar-refractivity contribution in [3.63, 3.8) is 0 Å². The van der Waals surface area contributed by atoms with Crippen molar-refractivity contribution >= 4 is 20.7 Å². The van der Waals surface area contributed by atoms with Gasteiger partial charge in [0.05, 0.1) is 10.4 Å². The predicted molar refractivity (Wildman–Crippen MR) is 143 cm³/mol. The van der Waals surface area contributed by atoms with Crippen molar-refractivity contribution in [1.29, 1.82) is 0 Å². The van der Waals surface area contributed by atoms with Crippen LogP contribution in [-0.4, -0.2) is 44.3 Å². The smallest absolute Gasteiger partial charge is 0.258 e. The molecule has 0 radical (unpaired) electrons. The normalized spacial score (nSPS) is 15.5. The minimum absolute atomic E-state index is 0.111. The Hall–Kier alpha value is -3.22. The van der Waals surface area contributed by atoms with Gasteiger partial charge in [0.1, 0.15) is 0 Å². The molecule has 0 spiro atoms. The van der Waals surface area contributed by atoms with E-state index in [-0.39, 0.29) is 10.5 Å². The van der Waals surface area contributed by atoms with Gasteiger partial charge in [0.25, 0.3) is 5.56 Å². The molecule has 0 N–H and O–H groups in total. The average Bonchev–Trinajstić information content (AvgIpc) is 2.86. The summed E-state index contributed by atoms with van der Waals surface area (Å²) in [5.74, 6) is 0.628. The molecule has 1 aromatic heterocycles. The minimum atomic E-state index is -3.29. The van der Waals surface area contributed by atoms with Gasteiger partial charge in [-0.15, -0.1) is 0 Å². The third kappa shape index (κ3) is 4.68. The standard InChI is InChI=1S/C29H30N2O3S/c1-30-16-14-22(15-17-30)20-4-6-21(7-5-20)24-10-13-28-25(18-24)19-27(29(32)31(28)2)23-8-11-26(12-9-23)35(3,33)34/h4-13,18-19,22H,14-17H2,1-3H3. The van der Waals surface area contributed by atoms with Crippen molar-refractivity contribution in [2.24, 2.45) is 7.05 Å². The van der Waals surface area contributed by atoms with E-state index in [9.17, 15) is 13.2 Å². The first-order valence-electron chi connectivity index (χ1n) is 11.9. The molecular formula is C29H30N2O3S. The zero-order valence-electron chi connectivity index (χ0n) is 20.4. The number of piperidine rings is 1. The highest BCUT2D eigenvalue weighted by molar-refractivity contribution is 7.90. The molecule has 35 heavy (non-hydrogen) atoms. The molecule has 0 bridgehead atoms. The second-order valence-electron chi connectivity index (χ2n) is 9.69. The summed E-state index contributed by atoms with van der Waals surface area (Å²) in [5.41, 5.74) is 5.66. The number of hydrogen-bond acceptors (Lipinski definition) is 4. The Labute approximate surface area is 206 Å². The van der Waals surface area contributed by atoms with E-state index in [0.717, 1.165) is 35.1 Å². The fraction of sp³-hybridized carbons (Fsp3) is 0.276. The highest BCUT2D eigenvalue weighted by Gasteiger charge is 2.18. The molecule has 6 heteroatoms. The molecule has 0 aliphatic carbocycles. The van der Waals surface area contributed by atoms with Gasteiger partial charge in [-0.3, -0.25) is 4.79 Å². The van der Waals surface area contributed by atoms with Gasteiger partial charge < -0.3 is 9.47 Å². The Morgan fingerprint density at radius 1 is 0.771 bits per heavy atom. The Morgan fingerprint density at radius 2 is 1.37 bits per heavy atom. The maximum atomic E-state index is 13.1. The molecule has 0 saturated carbocycles. The Balaban J connectivity index is 1.50. The number of fused-ring (bicyclic) bond motifs is 1. The number of pyridine rings is 1. The number of sulfone groups is 1. The van der Waals surface area contributed by atoms with Crippen LogP contribution in [0.4, 0.5) is 0 Å². The third-order valence-electron chi connectivity index (χ3n) is 7.25. The van der Waals surface area contributed by atoms with E-state index in [0.29, 0.717) is 17.0 Å². The fourth-order valence-corrected chi connectivity index (χ4v) is 5.67. The molecule has 0 atom stereocenters. The lowest BCUT2D eigenvalue weighted by atomic mass is 9.88. The highest BCUT2D eigenvalue weighted by Crippen LogP contribution is 2.31. The lowest BCUT2D eigenvalue weighted by Crippen LogP contribution is -2.29. The van der Waals surface area contributed by atoms with E-state index in [1.165, 1.54) is 24.7 Å². The number of rotatable bonds is 4. The first-order chi connectivity index (χ1) is 16.7. The molecule has 5 nitrogen and oxygen atoms in total. The quantitative estimate of drug-likeness (QED) is 0.403. The first-order valence-corrected chi connectivity index (χ1v) is 13.8. The van der Waals surface area contributed by atoms with Gasteiger partial charge in [-0.2, -0.15) is 0 Å². The van der Waals surface area contributed by atoms with Crippen LogP contribution >= 0.6 is 0 Å². The number of aryl methyl sites for hydroxylation is 1. The summed E-state index contributed by atoms with van der Waals surface area (Å²) in [5, 5.41) is 0.964. The molecule has 5 rings (SSSR count).